The molecule has 0 radical (unpaired) electrons. The number of carbonyl (C=O) groups is 2. The second kappa shape index (κ2) is 3.61. The lowest BCUT2D eigenvalue weighted by atomic mass is 10.3. The van der Waals surface area contributed by atoms with Gasteiger partial charge in [-0.25, -0.2) is 9.31 Å². The normalized spacial score (nSPS) is 10.3. The van der Waals surface area contributed by atoms with E-state index in [0.717, 1.165) is 0 Å². The molecule has 0 saturated carbocycles. The number of anilines is 1. The molecule has 2 N–H and O–H groups in total. The van der Waals surface area contributed by atoms with Gasteiger partial charge >= 0.3 is 5.97 Å². The van der Waals surface area contributed by atoms with Crippen molar-refractivity contribution in [2.24, 2.45) is 0 Å². The first-order valence-corrected chi connectivity index (χ1v) is 4.43. The summed E-state index contributed by atoms with van der Waals surface area (Å²) in [6, 6.07) is 2.78. The molecule has 0 atom stereocenters. The zero-order valence-electron chi connectivity index (χ0n) is 8.34. The van der Waals surface area contributed by atoms with Crippen molar-refractivity contribution in [3.05, 3.63) is 23.9 Å². The standard InChI is InChI=1S/C9H8N4O3/c1-5(14)10-9-11-7-4-6(8(15)16)2-3-13(7)12-9/h2-4H,1H3,(H,15,16)(H,10,12,14). The Labute approximate surface area is 89.7 Å². The third-order valence-electron chi connectivity index (χ3n) is 1.87. The van der Waals surface area contributed by atoms with Crippen molar-refractivity contribution in [2.75, 3.05) is 5.32 Å². The van der Waals surface area contributed by atoms with Gasteiger partial charge in [-0.15, -0.1) is 5.10 Å². The predicted molar refractivity (Wildman–Crippen MR) is 54.3 cm³/mol. The van der Waals surface area contributed by atoms with Crippen LogP contribution in [-0.2, 0) is 4.79 Å². The van der Waals surface area contributed by atoms with E-state index in [1.807, 2.05) is 0 Å². The lowest BCUT2D eigenvalue weighted by molar-refractivity contribution is -0.114. The van der Waals surface area contributed by atoms with Crippen molar-refractivity contribution in [1.82, 2.24) is 14.6 Å². The van der Waals surface area contributed by atoms with E-state index in [-0.39, 0.29) is 17.4 Å². The number of rotatable bonds is 2. The Hall–Kier alpha value is -2.44. The number of aromatic nitrogens is 3. The molecule has 7 heteroatoms. The number of hydrogen-bond donors (Lipinski definition) is 2. The number of carboxylic acid groups (broad SMARTS) is 1. The highest BCUT2D eigenvalue weighted by molar-refractivity contribution is 5.89. The van der Waals surface area contributed by atoms with Gasteiger partial charge in [-0.2, -0.15) is 4.98 Å². The van der Waals surface area contributed by atoms with E-state index in [9.17, 15) is 9.59 Å². The number of aromatic carboxylic acids is 1. The number of amides is 1. The molecule has 0 fully saturated rings. The lowest BCUT2D eigenvalue weighted by Gasteiger charge is -1.93. The quantitative estimate of drug-likeness (QED) is 0.762. The zero-order valence-corrected chi connectivity index (χ0v) is 8.34. The van der Waals surface area contributed by atoms with Crippen LogP contribution in [0.25, 0.3) is 5.65 Å². The summed E-state index contributed by atoms with van der Waals surface area (Å²) in [5.41, 5.74) is 0.484. The number of carboxylic acids is 1. The molecule has 0 bridgehead atoms. The van der Waals surface area contributed by atoms with E-state index >= 15 is 0 Å². The summed E-state index contributed by atoms with van der Waals surface area (Å²) in [4.78, 5) is 25.4. The number of fused-ring (bicyclic) bond motifs is 1. The van der Waals surface area contributed by atoms with Gasteiger partial charge in [-0.05, 0) is 12.1 Å². The van der Waals surface area contributed by atoms with Gasteiger partial charge in [0.05, 0.1) is 5.56 Å². The van der Waals surface area contributed by atoms with Crippen LogP contribution in [0.3, 0.4) is 0 Å². The maximum Gasteiger partial charge on any atom is 0.335 e. The van der Waals surface area contributed by atoms with Gasteiger partial charge < -0.3 is 5.11 Å². The minimum atomic E-state index is -1.04. The van der Waals surface area contributed by atoms with Gasteiger partial charge in [0.25, 0.3) is 0 Å². The zero-order chi connectivity index (χ0) is 11.7. The third-order valence-corrected chi connectivity index (χ3v) is 1.87. The van der Waals surface area contributed by atoms with Crippen molar-refractivity contribution < 1.29 is 14.7 Å². The van der Waals surface area contributed by atoms with Crippen LogP contribution in [-0.4, -0.2) is 31.6 Å². The molecular formula is C9H8N4O3. The average Bonchev–Trinajstić information content (AvgIpc) is 2.56. The van der Waals surface area contributed by atoms with Gasteiger partial charge in [0.15, 0.2) is 5.65 Å². The molecular weight excluding hydrogens is 212 g/mol. The van der Waals surface area contributed by atoms with Crippen LogP contribution < -0.4 is 5.32 Å². The largest absolute Gasteiger partial charge is 0.478 e. The minimum Gasteiger partial charge on any atom is -0.478 e. The molecule has 7 nitrogen and oxygen atoms in total. The molecule has 0 saturated heterocycles. The van der Waals surface area contributed by atoms with Crippen LogP contribution in [0.5, 0.6) is 0 Å². The number of hydrogen-bond acceptors (Lipinski definition) is 4. The van der Waals surface area contributed by atoms with Crippen LogP contribution in [0.4, 0.5) is 5.95 Å². The molecule has 2 aromatic rings. The van der Waals surface area contributed by atoms with Gasteiger partial charge in [0, 0.05) is 13.1 Å². The molecule has 2 rings (SSSR count). The maximum atomic E-state index is 10.8. The molecule has 2 aromatic heterocycles. The SMILES string of the molecule is CC(=O)Nc1nc2cc(C(=O)O)ccn2n1. The summed E-state index contributed by atoms with van der Waals surface area (Å²) < 4.78 is 1.39. The molecule has 0 aliphatic carbocycles. The van der Waals surface area contributed by atoms with Crippen LogP contribution in [0.15, 0.2) is 18.3 Å². The number of nitrogens with zero attached hydrogens (tertiary/aromatic N) is 3. The van der Waals surface area contributed by atoms with Crippen LogP contribution in [0, 0.1) is 0 Å². The molecule has 16 heavy (non-hydrogen) atoms. The Bertz CT molecular complexity index is 575. The Morgan fingerprint density at radius 2 is 2.25 bits per heavy atom. The highest BCUT2D eigenvalue weighted by Gasteiger charge is 2.08. The lowest BCUT2D eigenvalue weighted by Crippen LogP contribution is -2.07. The summed E-state index contributed by atoms with van der Waals surface area (Å²) in [6.45, 7) is 1.34. The Kier molecular flexibility index (Phi) is 2.28. The Morgan fingerprint density at radius 3 is 2.88 bits per heavy atom. The second-order valence-corrected chi connectivity index (χ2v) is 3.14. The van der Waals surface area contributed by atoms with Crippen molar-refractivity contribution in [3.8, 4) is 0 Å². The van der Waals surface area contributed by atoms with Crippen molar-refractivity contribution in [3.63, 3.8) is 0 Å². The van der Waals surface area contributed by atoms with Gasteiger partial charge in [-0.1, -0.05) is 0 Å². The number of nitrogens with one attached hydrogen (secondary N) is 1. The van der Waals surface area contributed by atoms with Crippen molar-refractivity contribution in [2.45, 2.75) is 6.92 Å². The summed E-state index contributed by atoms with van der Waals surface area (Å²) in [5, 5.41) is 15.1. The van der Waals surface area contributed by atoms with E-state index in [2.05, 4.69) is 15.4 Å². The predicted octanol–water partition coefficient (Wildman–Crippen LogP) is 0.386. The van der Waals surface area contributed by atoms with E-state index in [1.165, 1.54) is 29.8 Å². The first-order valence-electron chi connectivity index (χ1n) is 4.43. The van der Waals surface area contributed by atoms with E-state index < -0.39 is 5.97 Å². The van der Waals surface area contributed by atoms with Crippen molar-refractivity contribution >= 4 is 23.5 Å². The Morgan fingerprint density at radius 1 is 1.50 bits per heavy atom. The summed E-state index contributed by atoms with van der Waals surface area (Å²) in [7, 11) is 0. The summed E-state index contributed by atoms with van der Waals surface area (Å²) in [6.07, 6.45) is 1.47. The van der Waals surface area contributed by atoms with Gasteiger partial charge in [0.2, 0.25) is 11.9 Å². The Balaban J connectivity index is 2.45. The molecule has 1 amide bonds. The number of carbonyl (C=O) groups excluding carboxylic acids is 1. The van der Waals surface area contributed by atoms with Crippen molar-refractivity contribution in [1.29, 1.82) is 0 Å². The molecule has 82 valence electrons. The fraction of sp³-hybridized carbons (Fsp3) is 0.111. The summed E-state index contributed by atoms with van der Waals surface area (Å²) in [5.74, 6) is -1.17. The molecule has 2 heterocycles. The first-order chi connectivity index (χ1) is 7.56. The van der Waals surface area contributed by atoms with Crippen LogP contribution in [0.2, 0.25) is 0 Å². The van der Waals surface area contributed by atoms with Crippen LogP contribution >= 0.6 is 0 Å². The fourth-order valence-corrected chi connectivity index (χ4v) is 1.23. The fourth-order valence-electron chi connectivity index (χ4n) is 1.23. The molecule has 0 aliphatic rings. The van der Waals surface area contributed by atoms with E-state index in [1.54, 1.807) is 0 Å². The van der Waals surface area contributed by atoms with E-state index in [0.29, 0.717) is 5.65 Å². The average molecular weight is 220 g/mol. The molecule has 0 spiro atoms. The number of pyridine rings is 1. The second-order valence-electron chi connectivity index (χ2n) is 3.14. The van der Waals surface area contributed by atoms with E-state index in [4.69, 9.17) is 5.11 Å². The third kappa shape index (κ3) is 1.83. The highest BCUT2D eigenvalue weighted by Crippen LogP contribution is 2.08. The first kappa shape index (κ1) is 10.1. The minimum absolute atomic E-state index is 0.120. The highest BCUT2D eigenvalue weighted by atomic mass is 16.4. The smallest absolute Gasteiger partial charge is 0.335 e. The van der Waals surface area contributed by atoms with Gasteiger partial charge in [0.1, 0.15) is 0 Å². The summed E-state index contributed by atoms with van der Waals surface area (Å²) >= 11 is 0. The monoisotopic (exact) mass is 220 g/mol. The van der Waals surface area contributed by atoms with Crippen LogP contribution in [0.1, 0.15) is 17.3 Å². The molecule has 0 unspecified atom stereocenters. The molecule has 0 aliphatic heterocycles. The van der Waals surface area contributed by atoms with Gasteiger partial charge in [-0.3, -0.25) is 10.1 Å². The molecule has 0 aromatic carbocycles. The topological polar surface area (TPSA) is 96.6 Å². The maximum absolute atomic E-state index is 10.8.